The van der Waals surface area contributed by atoms with E-state index < -0.39 is 0 Å². The first-order valence-electron chi connectivity index (χ1n) is 5.65. The average molecular weight is 220 g/mol. The fourth-order valence-corrected chi connectivity index (χ4v) is 1.78. The van der Waals surface area contributed by atoms with Gasteiger partial charge < -0.3 is 9.80 Å². The molecule has 0 spiro atoms. The maximum Gasteiger partial charge on any atom is 0.219 e. The van der Waals surface area contributed by atoms with Crippen LogP contribution >= 0.6 is 0 Å². The Balaban J connectivity index is 2.58. The first-order chi connectivity index (χ1) is 7.69. The third-order valence-corrected chi connectivity index (χ3v) is 2.76. The molecule has 0 aliphatic carbocycles. The molecule has 1 aliphatic heterocycles. The number of rotatable bonds is 3. The van der Waals surface area contributed by atoms with Gasteiger partial charge >= 0.3 is 0 Å². The van der Waals surface area contributed by atoms with Crippen molar-refractivity contribution in [2.24, 2.45) is 0 Å². The summed E-state index contributed by atoms with van der Waals surface area (Å²) in [6.07, 6.45) is 7.92. The van der Waals surface area contributed by atoms with Crippen molar-refractivity contribution in [3.05, 3.63) is 36.6 Å². The van der Waals surface area contributed by atoms with Gasteiger partial charge in [-0.3, -0.25) is 4.79 Å². The molecule has 1 amide bonds. The second-order valence-corrected chi connectivity index (χ2v) is 3.81. The molecule has 3 heteroatoms. The van der Waals surface area contributed by atoms with Crippen LogP contribution in [0.1, 0.15) is 13.8 Å². The number of hydrogen-bond acceptors (Lipinski definition) is 2. The summed E-state index contributed by atoms with van der Waals surface area (Å²) in [4.78, 5) is 15.3. The highest BCUT2D eigenvalue weighted by atomic mass is 16.2. The van der Waals surface area contributed by atoms with E-state index in [9.17, 15) is 4.79 Å². The molecule has 0 radical (unpaired) electrons. The van der Waals surface area contributed by atoms with Gasteiger partial charge in [0.05, 0.1) is 0 Å². The van der Waals surface area contributed by atoms with Crippen LogP contribution < -0.4 is 0 Å². The molecule has 1 heterocycles. The molecule has 0 aromatic carbocycles. The Morgan fingerprint density at radius 2 is 1.75 bits per heavy atom. The maximum absolute atomic E-state index is 11.2. The fourth-order valence-electron chi connectivity index (χ4n) is 1.78. The van der Waals surface area contributed by atoms with Crippen molar-refractivity contribution < 1.29 is 4.79 Å². The zero-order chi connectivity index (χ0) is 12.0. The maximum atomic E-state index is 11.2. The summed E-state index contributed by atoms with van der Waals surface area (Å²) >= 11 is 0. The van der Waals surface area contributed by atoms with Crippen LogP contribution in [0.4, 0.5) is 0 Å². The Labute approximate surface area is 97.7 Å². The first kappa shape index (κ1) is 12.6. The van der Waals surface area contributed by atoms with Crippen LogP contribution in [0.5, 0.6) is 0 Å². The van der Waals surface area contributed by atoms with Crippen molar-refractivity contribution in [1.82, 2.24) is 9.80 Å². The van der Waals surface area contributed by atoms with E-state index in [0.29, 0.717) is 0 Å². The van der Waals surface area contributed by atoms with Crippen LogP contribution in [0.15, 0.2) is 36.6 Å². The van der Waals surface area contributed by atoms with E-state index in [1.165, 1.54) is 0 Å². The molecule has 0 atom stereocenters. The highest BCUT2D eigenvalue weighted by molar-refractivity contribution is 5.73. The molecule has 1 saturated heterocycles. The van der Waals surface area contributed by atoms with Crippen LogP contribution in [-0.4, -0.2) is 41.9 Å². The van der Waals surface area contributed by atoms with E-state index in [-0.39, 0.29) is 5.91 Å². The molecule has 16 heavy (non-hydrogen) atoms. The predicted molar refractivity (Wildman–Crippen MR) is 66.9 cm³/mol. The highest BCUT2D eigenvalue weighted by Gasteiger charge is 2.18. The Bertz CT molecular complexity index is 310. The molecule has 1 rings (SSSR count). The van der Waals surface area contributed by atoms with Gasteiger partial charge in [-0.2, -0.15) is 0 Å². The lowest BCUT2D eigenvalue weighted by Gasteiger charge is -2.36. The molecule has 1 aliphatic rings. The van der Waals surface area contributed by atoms with Crippen LogP contribution in [0.25, 0.3) is 0 Å². The number of nitrogens with zero attached hydrogens (tertiary/aromatic N) is 2. The molecular formula is C13H20N2O. The number of carbonyl (C=O) groups excluding carboxylic acids is 1. The lowest BCUT2D eigenvalue weighted by atomic mass is 10.2. The van der Waals surface area contributed by atoms with E-state index >= 15 is 0 Å². The van der Waals surface area contributed by atoms with Crippen molar-refractivity contribution in [3.63, 3.8) is 0 Å². The van der Waals surface area contributed by atoms with E-state index in [4.69, 9.17) is 0 Å². The van der Waals surface area contributed by atoms with Gasteiger partial charge in [-0.1, -0.05) is 18.7 Å². The molecule has 0 saturated carbocycles. The molecule has 1 fully saturated rings. The van der Waals surface area contributed by atoms with E-state index in [0.717, 1.165) is 31.9 Å². The average Bonchev–Trinajstić information content (AvgIpc) is 2.30. The second-order valence-electron chi connectivity index (χ2n) is 3.81. The summed E-state index contributed by atoms with van der Waals surface area (Å²) in [7, 11) is 0. The Kier molecular flexibility index (Phi) is 4.83. The van der Waals surface area contributed by atoms with Crippen molar-refractivity contribution in [2.75, 3.05) is 26.2 Å². The summed E-state index contributed by atoms with van der Waals surface area (Å²) in [5.41, 5.74) is 1.13. The summed E-state index contributed by atoms with van der Waals surface area (Å²) in [5.74, 6) is 0.164. The van der Waals surface area contributed by atoms with Crippen molar-refractivity contribution in [2.45, 2.75) is 13.8 Å². The van der Waals surface area contributed by atoms with Crippen LogP contribution in [0.3, 0.4) is 0 Å². The van der Waals surface area contributed by atoms with Gasteiger partial charge in [0.15, 0.2) is 0 Å². The van der Waals surface area contributed by atoms with E-state index in [2.05, 4.69) is 17.6 Å². The minimum Gasteiger partial charge on any atom is -0.368 e. The van der Waals surface area contributed by atoms with Gasteiger partial charge in [-0.15, -0.1) is 0 Å². The van der Waals surface area contributed by atoms with Gasteiger partial charge in [-0.25, -0.2) is 0 Å². The van der Waals surface area contributed by atoms with Gasteiger partial charge in [0, 0.05) is 38.8 Å². The summed E-state index contributed by atoms with van der Waals surface area (Å²) < 4.78 is 0. The molecule has 3 nitrogen and oxygen atoms in total. The number of piperazine rings is 1. The lowest BCUT2D eigenvalue weighted by molar-refractivity contribution is -0.130. The van der Waals surface area contributed by atoms with Crippen molar-refractivity contribution in [3.8, 4) is 0 Å². The smallest absolute Gasteiger partial charge is 0.219 e. The fraction of sp³-hybridized carbons (Fsp3) is 0.462. The predicted octanol–water partition coefficient (Wildman–Crippen LogP) is 1.80. The number of allylic oxidation sites excluding steroid dienone is 4. The Morgan fingerprint density at radius 3 is 2.19 bits per heavy atom. The van der Waals surface area contributed by atoms with Crippen LogP contribution in [0.2, 0.25) is 0 Å². The molecule has 88 valence electrons. The molecule has 0 unspecified atom stereocenters. The largest absolute Gasteiger partial charge is 0.368 e. The minimum absolute atomic E-state index is 0.164. The molecule has 0 aromatic heterocycles. The summed E-state index contributed by atoms with van der Waals surface area (Å²) in [5, 5.41) is 0. The van der Waals surface area contributed by atoms with Crippen molar-refractivity contribution in [1.29, 1.82) is 0 Å². The SMILES string of the molecule is C=C/C(=C\C=C/C)N1CCN(C(C)=O)CC1. The van der Waals surface area contributed by atoms with Crippen LogP contribution in [0, 0.1) is 0 Å². The van der Waals surface area contributed by atoms with Gasteiger partial charge in [0.2, 0.25) is 5.91 Å². The Hall–Kier alpha value is -1.51. The van der Waals surface area contributed by atoms with Gasteiger partial charge in [0.25, 0.3) is 0 Å². The van der Waals surface area contributed by atoms with E-state index in [1.807, 2.05) is 30.1 Å². The minimum atomic E-state index is 0.164. The third kappa shape index (κ3) is 3.26. The normalized spacial score (nSPS) is 18.0. The van der Waals surface area contributed by atoms with Crippen LogP contribution in [-0.2, 0) is 4.79 Å². The number of carbonyl (C=O) groups is 1. The third-order valence-electron chi connectivity index (χ3n) is 2.76. The summed E-state index contributed by atoms with van der Waals surface area (Å²) in [6, 6.07) is 0. The lowest BCUT2D eigenvalue weighted by Crippen LogP contribution is -2.47. The Morgan fingerprint density at radius 1 is 1.19 bits per heavy atom. The second kappa shape index (κ2) is 6.16. The van der Waals surface area contributed by atoms with Crippen molar-refractivity contribution >= 4 is 5.91 Å². The topological polar surface area (TPSA) is 23.6 Å². The van der Waals surface area contributed by atoms with Gasteiger partial charge in [0.1, 0.15) is 0 Å². The summed E-state index contributed by atoms with van der Waals surface area (Å²) in [6.45, 7) is 10.8. The zero-order valence-corrected chi connectivity index (χ0v) is 10.1. The van der Waals surface area contributed by atoms with E-state index in [1.54, 1.807) is 6.92 Å². The number of hydrogen-bond donors (Lipinski definition) is 0. The molecule has 0 N–H and O–H groups in total. The standard InChI is InChI=1S/C13H20N2O/c1-4-6-7-13(5-2)15-10-8-14(9-11-15)12(3)16/h4-7H,2,8-11H2,1,3H3/b6-4-,13-7+. The highest BCUT2D eigenvalue weighted by Crippen LogP contribution is 2.10. The molecular weight excluding hydrogens is 200 g/mol. The molecule has 0 aromatic rings. The number of amides is 1. The first-order valence-corrected chi connectivity index (χ1v) is 5.65. The monoisotopic (exact) mass is 220 g/mol. The zero-order valence-electron chi connectivity index (χ0n) is 10.1. The quantitative estimate of drug-likeness (QED) is 0.677. The molecule has 0 bridgehead atoms. The van der Waals surface area contributed by atoms with Gasteiger partial charge in [-0.05, 0) is 19.1 Å².